The molecule has 1 aliphatic rings. The molecule has 5 nitrogen and oxygen atoms in total. The van der Waals surface area contributed by atoms with E-state index in [1.807, 2.05) is 24.3 Å². The van der Waals surface area contributed by atoms with Crippen LogP contribution in [0.3, 0.4) is 0 Å². The van der Waals surface area contributed by atoms with Crippen LogP contribution in [0.1, 0.15) is 24.0 Å². The Morgan fingerprint density at radius 3 is 2.52 bits per heavy atom. The van der Waals surface area contributed by atoms with Crippen molar-refractivity contribution < 1.29 is 14.3 Å². The second-order valence-electron chi connectivity index (χ2n) is 7.13. The van der Waals surface area contributed by atoms with Crippen molar-refractivity contribution in [2.45, 2.75) is 25.4 Å². The minimum Gasteiger partial charge on any atom is -0.497 e. The quantitative estimate of drug-likeness (QED) is 0.691. The Hall–Kier alpha value is -2.50. The standard InChI is InChI=1S/C23H27ClN2O3/c1-28-21-9-5-18(22(15-21)29-2)6-10-23(27)25-20-11-13-26(14-12-20)16-17-3-7-19(24)8-4-17/h3-10,15,20H,11-14,16H2,1-2H3,(H,25,27)/b10-6+. The number of methoxy groups -OCH3 is 2. The number of carbonyl (C=O) groups is 1. The monoisotopic (exact) mass is 414 g/mol. The number of likely N-dealkylation sites (tertiary alicyclic amines) is 1. The second kappa shape index (κ2) is 10.3. The third-order valence-electron chi connectivity index (χ3n) is 5.11. The van der Waals surface area contributed by atoms with Crippen LogP contribution in [0.15, 0.2) is 48.5 Å². The number of halogens is 1. The molecule has 1 N–H and O–H groups in total. The van der Waals surface area contributed by atoms with Gasteiger partial charge >= 0.3 is 0 Å². The van der Waals surface area contributed by atoms with Gasteiger partial charge in [0.15, 0.2) is 0 Å². The fourth-order valence-corrected chi connectivity index (χ4v) is 3.58. The molecule has 0 spiro atoms. The molecule has 0 saturated carbocycles. The van der Waals surface area contributed by atoms with Crippen molar-refractivity contribution >= 4 is 23.6 Å². The molecule has 0 aromatic heterocycles. The van der Waals surface area contributed by atoms with Gasteiger partial charge in [0.05, 0.1) is 14.2 Å². The Balaban J connectivity index is 1.47. The van der Waals surface area contributed by atoms with E-state index in [0.717, 1.165) is 43.1 Å². The Morgan fingerprint density at radius 2 is 1.86 bits per heavy atom. The van der Waals surface area contributed by atoms with Crippen molar-refractivity contribution in [2.24, 2.45) is 0 Å². The van der Waals surface area contributed by atoms with E-state index < -0.39 is 0 Å². The van der Waals surface area contributed by atoms with Gasteiger partial charge in [-0.15, -0.1) is 0 Å². The molecule has 1 fully saturated rings. The van der Waals surface area contributed by atoms with Gasteiger partial charge in [-0.3, -0.25) is 9.69 Å². The molecule has 2 aromatic rings. The van der Waals surface area contributed by atoms with Crippen LogP contribution >= 0.6 is 11.6 Å². The molecule has 29 heavy (non-hydrogen) atoms. The summed E-state index contributed by atoms with van der Waals surface area (Å²) in [5, 5.41) is 3.87. The highest BCUT2D eigenvalue weighted by molar-refractivity contribution is 6.30. The zero-order valence-electron chi connectivity index (χ0n) is 16.9. The third kappa shape index (κ3) is 6.24. The van der Waals surface area contributed by atoms with Crippen molar-refractivity contribution in [1.29, 1.82) is 0 Å². The van der Waals surface area contributed by atoms with Gasteiger partial charge in [-0.05, 0) is 48.7 Å². The van der Waals surface area contributed by atoms with Gasteiger partial charge in [-0.2, -0.15) is 0 Å². The van der Waals surface area contributed by atoms with E-state index in [1.54, 1.807) is 32.4 Å². The molecule has 1 amide bonds. The van der Waals surface area contributed by atoms with Crippen LogP contribution in [0, 0.1) is 0 Å². The van der Waals surface area contributed by atoms with E-state index >= 15 is 0 Å². The average Bonchev–Trinajstić information content (AvgIpc) is 2.75. The summed E-state index contributed by atoms with van der Waals surface area (Å²) >= 11 is 5.95. The van der Waals surface area contributed by atoms with Crippen molar-refractivity contribution in [3.05, 3.63) is 64.7 Å². The summed E-state index contributed by atoms with van der Waals surface area (Å²) in [6.45, 7) is 2.84. The second-order valence-corrected chi connectivity index (χ2v) is 7.56. The normalized spacial score (nSPS) is 15.4. The molecule has 6 heteroatoms. The Bertz CT molecular complexity index is 844. The van der Waals surface area contributed by atoms with Gasteiger partial charge in [-0.1, -0.05) is 23.7 Å². The summed E-state index contributed by atoms with van der Waals surface area (Å²) in [5.41, 5.74) is 2.09. The van der Waals surface area contributed by atoms with Gasteiger partial charge in [0, 0.05) is 48.4 Å². The van der Waals surface area contributed by atoms with Crippen LogP contribution in [0.2, 0.25) is 5.02 Å². The maximum atomic E-state index is 12.3. The molecule has 0 aliphatic carbocycles. The maximum absolute atomic E-state index is 12.3. The van der Waals surface area contributed by atoms with Crippen molar-refractivity contribution in [2.75, 3.05) is 27.3 Å². The lowest BCUT2D eigenvalue weighted by atomic mass is 10.0. The molecule has 1 heterocycles. The number of benzene rings is 2. The summed E-state index contributed by atoms with van der Waals surface area (Å²) < 4.78 is 10.6. The lowest BCUT2D eigenvalue weighted by Gasteiger charge is -2.32. The largest absolute Gasteiger partial charge is 0.497 e. The third-order valence-corrected chi connectivity index (χ3v) is 5.36. The first-order valence-corrected chi connectivity index (χ1v) is 10.1. The fraction of sp³-hybridized carbons (Fsp3) is 0.348. The highest BCUT2D eigenvalue weighted by atomic mass is 35.5. The SMILES string of the molecule is COc1ccc(/C=C/C(=O)NC2CCN(Cc3ccc(Cl)cc3)CC2)c(OC)c1. The summed E-state index contributed by atoms with van der Waals surface area (Å²) in [7, 11) is 3.21. The van der Waals surface area contributed by atoms with Crippen LogP contribution in [-0.2, 0) is 11.3 Å². The predicted molar refractivity (Wildman–Crippen MR) is 116 cm³/mol. The molecular weight excluding hydrogens is 388 g/mol. The lowest BCUT2D eigenvalue weighted by Crippen LogP contribution is -2.43. The summed E-state index contributed by atoms with van der Waals surface area (Å²) in [6.07, 6.45) is 5.21. The zero-order valence-corrected chi connectivity index (χ0v) is 17.6. The van der Waals surface area contributed by atoms with Crippen LogP contribution in [-0.4, -0.2) is 44.2 Å². The van der Waals surface area contributed by atoms with E-state index in [-0.39, 0.29) is 11.9 Å². The highest BCUT2D eigenvalue weighted by Crippen LogP contribution is 2.25. The molecular formula is C23H27ClN2O3. The number of piperidine rings is 1. The number of nitrogens with one attached hydrogen (secondary N) is 1. The van der Waals surface area contributed by atoms with Gasteiger partial charge in [0.2, 0.25) is 5.91 Å². The molecule has 154 valence electrons. The van der Waals surface area contributed by atoms with Gasteiger partial charge in [0.25, 0.3) is 0 Å². The van der Waals surface area contributed by atoms with Crippen molar-refractivity contribution in [3.63, 3.8) is 0 Å². The minimum absolute atomic E-state index is 0.0842. The van der Waals surface area contributed by atoms with Gasteiger partial charge in [0.1, 0.15) is 11.5 Å². The number of amides is 1. The van der Waals surface area contributed by atoms with Crippen LogP contribution in [0.25, 0.3) is 6.08 Å². The average molecular weight is 415 g/mol. The summed E-state index contributed by atoms with van der Waals surface area (Å²) in [5.74, 6) is 1.30. The molecule has 0 unspecified atom stereocenters. The number of ether oxygens (including phenoxy) is 2. The topological polar surface area (TPSA) is 50.8 Å². The highest BCUT2D eigenvalue weighted by Gasteiger charge is 2.20. The van der Waals surface area contributed by atoms with Crippen molar-refractivity contribution in [1.82, 2.24) is 10.2 Å². The fourth-order valence-electron chi connectivity index (χ4n) is 3.45. The van der Waals surface area contributed by atoms with Gasteiger partial charge < -0.3 is 14.8 Å². The van der Waals surface area contributed by atoms with Gasteiger partial charge in [-0.25, -0.2) is 0 Å². The molecule has 1 aliphatic heterocycles. The number of nitrogens with zero attached hydrogens (tertiary/aromatic N) is 1. The van der Waals surface area contributed by atoms with E-state index in [0.29, 0.717) is 11.5 Å². The summed E-state index contributed by atoms with van der Waals surface area (Å²) in [6, 6.07) is 13.7. The maximum Gasteiger partial charge on any atom is 0.244 e. The van der Waals surface area contributed by atoms with E-state index in [4.69, 9.17) is 21.1 Å². The number of rotatable bonds is 7. The van der Waals surface area contributed by atoms with Crippen molar-refractivity contribution in [3.8, 4) is 11.5 Å². The number of hydrogen-bond acceptors (Lipinski definition) is 4. The minimum atomic E-state index is -0.0842. The molecule has 2 aromatic carbocycles. The lowest BCUT2D eigenvalue weighted by molar-refractivity contribution is -0.117. The first-order valence-electron chi connectivity index (χ1n) is 9.75. The summed E-state index contributed by atoms with van der Waals surface area (Å²) in [4.78, 5) is 14.7. The first kappa shape index (κ1) is 21.2. The molecule has 0 radical (unpaired) electrons. The Kier molecular flexibility index (Phi) is 7.55. The number of hydrogen-bond donors (Lipinski definition) is 1. The molecule has 0 atom stereocenters. The molecule has 3 rings (SSSR count). The predicted octanol–water partition coefficient (Wildman–Crippen LogP) is 4.15. The smallest absolute Gasteiger partial charge is 0.244 e. The zero-order chi connectivity index (χ0) is 20.6. The Labute approximate surface area is 177 Å². The van der Waals surface area contributed by atoms with E-state index in [1.165, 1.54) is 5.56 Å². The Morgan fingerprint density at radius 1 is 1.14 bits per heavy atom. The van der Waals surface area contributed by atoms with E-state index in [9.17, 15) is 4.79 Å². The van der Waals surface area contributed by atoms with E-state index in [2.05, 4.69) is 22.3 Å². The molecule has 1 saturated heterocycles. The number of carbonyl (C=O) groups excluding carboxylic acids is 1. The van der Waals surface area contributed by atoms with Crippen LogP contribution in [0.4, 0.5) is 0 Å². The van der Waals surface area contributed by atoms with Crippen LogP contribution < -0.4 is 14.8 Å². The van der Waals surface area contributed by atoms with Crippen LogP contribution in [0.5, 0.6) is 11.5 Å². The first-order chi connectivity index (χ1) is 14.1. The molecule has 0 bridgehead atoms.